The molecule has 8 heteroatoms. The Kier molecular flexibility index (Phi) is 7.45. The van der Waals surface area contributed by atoms with Crippen LogP contribution in [0, 0.1) is 0 Å². The van der Waals surface area contributed by atoms with Gasteiger partial charge in [0.2, 0.25) is 0 Å². The van der Waals surface area contributed by atoms with Gasteiger partial charge in [-0.15, -0.1) is 0 Å². The van der Waals surface area contributed by atoms with E-state index in [9.17, 15) is 8.78 Å². The Hall–Kier alpha value is -0.990. The average Bonchev–Trinajstić information content (AvgIpc) is 2.64. The van der Waals surface area contributed by atoms with Gasteiger partial charge in [-0.2, -0.15) is 0 Å². The van der Waals surface area contributed by atoms with E-state index in [1.165, 1.54) is 0 Å². The minimum absolute atomic E-state index is 0.229. The van der Waals surface area contributed by atoms with E-state index in [-0.39, 0.29) is 6.54 Å². The number of halogens is 3. The number of alkyl halides is 2. The van der Waals surface area contributed by atoms with Gasteiger partial charge in [0.1, 0.15) is 18.5 Å². The Balaban J connectivity index is 1.47. The molecule has 146 valence electrons. The molecule has 1 aromatic carbocycles. The molecule has 2 saturated heterocycles. The summed E-state index contributed by atoms with van der Waals surface area (Å²) in [6.45, 7) is 6.55. The molecule has 2 heterocycles. The Morgan fingerprint density at radius 2 is 1.92 bits per heavy atom. The van der Waals surface area contributed by atoms with Gasteiger partial charge in [-0.1, -0.05) is 17.7 Å². The molecular formula is C18H25ClF2N2O3. The predicted molar refractivity (Wildman–Crippen MR) is 95.2 cm³/mol. The van der Waals surface area contributed by atoms with Crippen LogP contribution in [0.2, 0.25) is 5.02 Å². The van der Waals surface area contributed by atoms with Crippen LogP contribution in [0.15, 0.2) is 18.2 Å². The molecule has 2 fully saturated rings. The molecule has 0 aromatic heterocycles. The zero-order valence-electron chi connectivity index (χ0n) is 14.7. The molecule has 1 aromatic rings. The van der Waals surface area contributed by atoms with Crippen LogP contribution in [0.3, 0.4) is 0 Å². The van der Waals surface area contributed by atoms with Crippen molar-refractivity contribution in [2.75, 3.05) is 59.2 Å². The Morgan fingerprint density at radius 3 is 2.65 bits per heavy atom. The molecule has 2 aliphatic rings. The number of ether oxygens (including phenoxy) is 3. The summed E-state index contributed by atoms with van der Waals surface area (Å²) < 4.78 is 41.8. The van der Waals surface area contributed by atoms with Crippen LogP contribution in [-0.4, -0.2) is 81.5 Å². The van der Waals surface area contributed by atoms with Gasteiger partial charge in [0.15, 0.2) is 0 Å². The van der Waals surface area contributed by atoms with E-state index >= 15 is 0 Å². The first kappa shape index (κ1) is 19.8. The van der Waals surface area contributed by atoms with Crippen molar-refractivity contribution >= 4 is 11.6 Å². The van der Waals surface area contributed by atoms with Gasteiger partial charge in [-0.05, 0) is 17.7 Å². The molecule has 0 bridgehead atoms. The van der Waals surface area contributed by atoms with Crippen LogP contribution in [-0.2, 0) is 16.0 Å². The van der Waals surface area contributed by atoms with Crippen LogP contribution in [0.1, 0.15) is 5.56 Å². The second-order valence-electron chi connectivity index (χ2n) is 6.55. The largest absolute Gasteiger partial charge is 0.491 e. The smallest absolute Gasteiger partial charge is 0.265 e. The molecule has 1 unspecified atom stereocenters. The van der Waals surface area contributed by atoms with Gasteiger partial charge in [-0.25, -0.2) is 8.78 Å². The average molecular weight is 391 g/mol. The summed E-state index contributed by atoms with van der Waals surface area (Å²) in [5, 5.41) is 0.545. The molecular weight excluding hydrogens is 366 g/mol. The lowest BCUT2D eigenvalue weighted by Gasteiger charge is -2.32. The summed E-state index contributed by atoms with van der Waals surface area (Å²) in [4.78, 5) is 4.26. The first-order chi connectivity index (χ1) is 12.6. The summed E-state index contributed by atoms with van der Waals surface area (Å²) in [6.07, 6.45) is -3.47. The zero-order chi connectivity index (χ0) is 18.4. The van der Waals surface area contributed by atoms with E-state index in [0.717, 1.165) is 38.4 Å². The quantitative estimate of drug-likeness (QED) is 0.714. The van der Waals surface area contributed by atoms with Crippen molar-refractivity contribution in [1.82, 2.24) is 9.80 Å². The van der Waals surface area contributed by atoms with Gasteiger partial charge >= 0.3 is 0 Å². The number of hydrogen-bond donors (Lipinski definition) is 0. The third-order valence-corrected chi connectivity index (χ3v) is 4.93. The fourth-order valence-corrected chi connectivity index (χ4v) is 3.41. The van der Waals surface area contributed by atoms with Gasteiger partial charge < -0.3 is 14.2 Å². The van der Waals surface area contributed by atoms with Gasteiger partial charge in [0.05, 0.1) is 24.8 Å². The highest BCUT2D eigenvalue weighted by molar-refractivity contribution is 6.32. The van der Waals surface area contributed by atoms with Crippen molar-refractivity contribution in [2.24, 2.45) is 0 Å². The summed E-state index contributed by atoms with van der Waals surface area (Å²) >= 11 is 6.33. The number of rotatable bonds is 7. The monoisotopic (exact) mass is 390 g/mol. The van der Waals surface area contributed by atoms with E-state index in [1.807, 2.05) is 23.1 Å². The maximum atomic E-state index is 12.8. The van der Waals surface area contributed by atoms with Crippen molar-refractivity contribution in [3.05, 3.63) is 28.8 Å². The van der Waals surface area contributed by atoms with Crippen LogP contribution in [0.25, 0.3) is 0 Å². The fourth-order valence-electron chi connectivity index (χ4n) is 3.16. The molecule has 2 aliphatic heterocycles. The van der Waals surface area contributed by atoms with Gasteiger partial charge in [-0.3, -0.25) is 9.80 Å². The van der Waals surface area contributed by atoms with Crippen molar-refractivity contribution in [3.63, 3.8) is 0 Å². The predicted octanol–water partition coefficient (Wildman–Crippen LogP) is 2.52. The Labute approximate surface area is 157 Å². The van der Waals surface area contributed by atoms with E-state index in [4.69, 9.17) is 25.8 Å². The molecule has 0 aliphatic carbocycles. The third kappa shape index (κ3) is 5.76. The summed E-state index contributed by atoms with van der Waals surface area (Å²) in [5.41, 5.74) is 0.977. The Bertz CT molecular complexity index is 573. The molecule has 0 saturated carbocycles. The van der Waals surface area contributed by atoms with E-state index < -0.39 is 12.5 Å². The van der Waals surface area contributed by atoms with Crippen molar-refractivity contribution in [2.45, 2.75) is 19.1 Å². The number of nitrogens with zero attached hydrogens (tertiary/aromatic N) is 2. The maximum Gasteiger partial charge on any atom is 0.265 e. The first-order valence-electron chi connectivity index (χ1n) is 8.95. The highest BCUT2D eigenvalue weighted by Gasteiger charge is 2.27. The molecule has 5 nitrogen and oxygen atoms in total. The number of hydrogen-bond acceptors (Lipinski definition) is 5. The third-order valence-electron chi connectivity index (χ3n) is 4.63. The van der Waals surface area contributed by atoms with E-state index in [0.29, 0.717) is 37.1 Å². The minimum atomic E-state index is -2.45. The maximum absolute atomic E-state index is 12.8. The van der Waals surface area contributed by atoms with Crippen molar-refractivity contribution < 1.29 is 23.0 Å². The van der Waals surface area contributed by atoms with E-state index in [2.05, 4.69) is 4.90 Å². The summed E-state index contributed by atoms with van der Waals surface area (Å²) in [6, 6.07) is 5.63. The number of morpholine rings is 2. The second kappa shape index (κ2) is 9.80. The summed E-state index contributed by atoms with van der Waals surface area (Å²) in [5.74, 6) is 0.649. The fraction of sp³-hybridized carbons (Fsp3) is 0.667. The van der Waals surface area contributed by atoms with Crippen LogP contribution < -0.4 is 4.74 Å². The zero-order valence-corrected chi connectivity index (χ0v) is 15.5. The van der Waals surface area contributed by atoms with Crippen LogP contribution >= 0.6 is 11.6 Å². The topological polar surface area (TPSA) is 34.2 Å². The minimum Gasteiger partial charge on any atom is -0.491 e. The van der Waals surface area contributed by atoms with Gasteiger partial charge in [0.25, 0.3) is 6.43 Å². The van der Waals surface area contributed by atoms with Gasteiger partial charge in [0, 0.05) is 39.3 Å². The van der Waals surface area contributed by atoms with Crippen LogP contribution in [0.4, 0.5) is 8.78 Å². The second-order valence-corrected chi connectivity index (χ2v) is 6.95. The molecule has 0 N–H and O–H groups in total. The first-order valence-corrected chi connectivity index (χ1v) is 9.33. The van der Waals surface area contributed by atoms with Crippen molar-refractivity contribution in [3.8, 4) is 5.75 Å². The highest BCUT2D eigenvalue weighted by Crippen LogP contribution is 2.26. The lowest BCUT2D eigenvalue weighted by molar-refractivity contribution is -0.104. The molecule has 0 radical (unpaired) electrons. The normalized spacial score (nSPS) is 22.7. The lowest BCUT2D eigenvalue weighted by Crippen LogP contribution is -2.45. The molecule has 0 spiro atoms. The Morgan fingerprint density at radius 1 is 1.15 bits per heavy atom. The molecule has 3 rings (SSSR count). The standard InChI is InChI=1S/C18H25ClF2N2O3/c19-15-11-14(12-23-6-10-26-17(13-23)18(20)21)1-2-16(15)25-9-5-22-3-7-24-8-4-22/h1-2,11,17-18H,3-10,12-13H2. The SMILES string of the molecule is FC(F)C1CN(Cc2ccc(OCCN3CCOCC3)c(Cl)c2)CCO1. The number of benzene rings is 1. The van der Waals surface area contributed by atoms with Crippen molar-refractivity contribution in [1.29, 1.82) is 0 Å². The summed E-state index contributed by atoms with van der Waals surface area (Å²) in [7, 11) is 0. The molecule has 0 amide bonds. The van der Waals surface area contributed by atoms with Crippen LogP contribution in [0.5, 0.6) is 5.75 Å². The highest BCUT2D eigenvalue weighted by atomic mass is 35.5. The van der Waals surface area contributed by atoms with E-state index in [1.54, 1.807) is 0 Å². The molecule has 1 atom stereocenters. The lowest BCUT2D eigenvalue weighted by atomic mass is 10.2. The molecule has 26 heavy (non-hydrogen) atoms.